The molecular weight excluding hydrogens is 474 g/mol. The standard InChI is InChI=1S/C17H19N9O5S2/c18-6-9(27)7-22-33(30,31)13-5-4-10(11-2-1-3-12-15(11)21-8-20-12)14(16(13)32(19,28)29)17-23-25-26-24-17/h1-5,8-9,22,27H,6-7,18H2,(H,20,21)(H2,19,28,29)(H,23,24,25,26)/t9-/m1/s1. The first-order valence-electron chi connectivity index (χ1n) is 9.37. The molecule has 4 rings (SSSR count). The van der Waals surface area contributed by atoms with Crippen LogP contribution in [0.5, 0.6) is 0 Å². The van der Waals surface area contributed by atoms with E-state index in [9.17, 15) is 21.9 Å². The highest BCUT2D eigenvalue weighted by Crippen LogP contribution is 2.40. The number of aromatic nitrogens is 6. The Morgan fingerprint density at radius 1 is 1.12 bits per heavy atom. The molecule has 0 saturated heterocycles. The minimum atomic E-state index is -4.64. The quantitative estimate of drug-likeness (QED) is 0.169. The predicted molar refractivity (Wildman–Crippen MR) is 116 cm³/mol. The van der Waals surface area contributed by atoms with Crippen molar-refractivity contribution in [2.45, 2.75) is 15.9 Å². The molecule has 0 bridgehead atoms. The summed E-state index contributed by atoms with van der Waals surface area (Å²) in [6.07, 6.45) is 0.291. The number of imidazole rings is 1. The van der Waals surface area contributed by atoms with Gasteiger partial charge in [-0.3, -0.25) is 0 Å². The Morgan fingerprint density at radius 2 is 1.91 bits per heavy atom. The molecule has 0 fully saturated rings. The molecule has 0 amide bonds. The van der Waals surface area contributed by atoms with Gasteiger partial charge in [-0.2, -0.15) is 5.21 Å². The SMILES string of the molecule is NC[C@@H](O)CNS(=O)(=O)c1ccc(-c2cccc3[nH]cnc23)c(-c2nn[nH]n2)c1S(N)(=O)=O. The zero-order valence-electron chi connectivity index (χ0n) is 16.8. The average molecular weight is 494 g/mol. The van der Waals surface area contributed by atoms with E-state index in [-0.39, 0.29) is 23.5 Å². The van der Waals surface area contributed by atoms with E-state index in [0.717, 1.165) is 6.07 Å². The number of nitrogens with zero attached hydrogens (tertiary/aromatic N) is 4. The number of hydrogen-bond donors (Lipinski definition) is 6. The Morgan fingerprint density at radius 3 is 2.58 bits per heavy atom. The van der Waals surface area contributed by atoms with Crippen molar-refractivity contribution in [3.63, 3.8) is 0 Å². The van der Waals surface area contributed by atoms with Gasteiger partial charge in [-0.1, -0.05) is 18.2 Å². The number of hydrogen-bond acceptors (Lipinski definition) is 10. The molecular formula is C17H19N9O5S2. The van der Waals surface area contributed by atoms with E-state index < -0.39 is 42.5 Å². The molecule has 2 aromatic carbocycles. The van der Waals surface area contributed by atoms with Crippen LogP contribution in [0.3, 0.4) is 0 Å². The van der Waals surface area contributed by atoms with Crippen LogP contribution in [-0.2, 0) is 20.0 Å². The summed E-state index contributed by atoms with van der Waals surface area (Å²) in [6.45, 7) is -0.639. The minimum absolute atomic E-state index is 0.177. The lowest BCUT2D eigenvalue weighted by Crippen LogP contribution is -2.36. The van der Waals surface area contributed by atoms with Crippen LogP contribution in [-0.4, -0.2) is 71.7 Å². The van der Waals surface area contributed by atoms with Gasteiger partial charge in [0.15, 0.2) is 0 Å². The second kappa shape index (κ2) is 8.58. The number of fused-ring (bicyclic) bond motifs is 1. The highest BCUT2D eigenvalue weighted by atomic mass is 32.2. The summed E-state index contributed by atoms with van der Waals surface area (Å²) in [7, 11) is -9.10. The third-order valence-electron chi connectivity index (χ3n) is 4.79. The molecule has 174 valence electrons. The first kappa shape index (κ1) is 22.9. The molecule has 0 unspecified atom stereocenters. The number of aromatic amines is 2. The Kier molecular flexibility index (Phi) is 5.95. The van der Waals surface area contributed by atoms with Gasteiger partial charge in [-0.25, -0.2) is 31.7 Å². The van der Waals surface area contributed by atoms with Crippen molar-refractivity contribution in [2.75, 3.05) is 13.1 Å². The summed E-state index contributed by atoms with van der Waals surface area (Å²) < 4.78 is 53.6. The van der Waals surface area contributed by atoms with Crippen LogP contribution in [0.1, 0.15) is 0 Å². The van der Waals surface area contributed by atoms with Crippen LogP contribution in [0.2, 0.25) is 0 Å². The Labute approximate surface area is 187 Å². The first-order valence-corrected chi connectivity index (χ1v) is 12.4. The highest BCUT2D eigenvalue weighted by molar-refractivity contribution is 7.92. The predicted octanol–water partition coefficient (Wildman–Crippen LogP) is -1.34. The van der Waals surface area contributed by atoms with E-state index >= 15 is 0 Å². The normalized spacial score (nSPS) is 13.4. The van der Waals surface area contributed by atoms with Crippen molar-refractivity contribution >= 4 is 31.1 Å². The van der Waals surface area contributed by atoms with Crippen LogP contribution in [0.4, 0.5) is 0 Å². The van der Waals surface area contributed by atoms with E-state index in [1.165, 1.54) is 12.4 Å². The molecule has 2 heterocycles. The largest absolute Gasteiger partial charge is 0.390 e. The molecule has 14 nitrogen and oxygen atoms in total. The zero-order valence-corrected chi connectivity index (χ0v) is 18.4. The lowest BCUT2D eigenvalue weighted by atomic mass is 9.98. The molecule has 0 radical (unpaired) electrons. The molecule has 2 aromatic heterocycles. The fraction of sp³-hybridized carbons (Fsp3) is 0.176. The van der Waals surface area contributed by atoms with Crippen molar-refractivity contribution in [3.8, 4) is 22.5 Å². The topological polar surface area (TPSA) is 236 Å². The van der Waals surface area contributed by atoms with Gasteiger partial charge in [0.2, 0.25) is 25.9 Å². The van der Waals surface area contributed by atoms with Crippen LogP contribution in [0.25, 0.3) is 33.5 Å². The molecule has 8 N–H and O–H groups in total. The molecule has 0 saturated carbocycles. The summed E-state index contributed by atoms with van der Waals surface area (Å²) in [5.41, 5.74) is 7.05. The summed E-state index contributed by atoms with van der Waals surface area (Å²) in [6, 6.07) is 7.66. The van der Waals surface area contributed by atoms with Crippen LogP contribution in [0.15, 0.2) is 46.5 Å². The van der Waals surface area contributed by atoms with E-state index in [1.807, 2.05) is 0 Å². The van der Waals surface area contributed by atoms with E-state index in [4.69, 9.17) is 10.9 Å². The third kappa shape index (κ3) is 4.34. The van der Waals surface area contributed by atoms with E-state index in [1.54, 1.807) is 18.2 Å². The summed E-state index contributed by atoms with van der Waals surface area (Å²) in [5, 5.41) is 28.5. The van der Waals surface area contributed by atoms with Crippen molar-refractivity contribution in [2.24, 2.45) is 10.9 Å². The number of primary sulfonamides is 1. The monoisotopic (exact) mass is 493 g/mol. The number of nitrogens with two attached hydrogens (primary N) is 2. The molecule has 16 heteroatoms. The molecule has 4 aromatic rings. The number of rotatable bonds is 8. The van der Waals surface area contributed by atoms with Gasteiger partial charge in [-0.05, 0) is 22.9 Å². The van der Waals surface area contributed by atoms with E-state index in [0.29, 0.717) is 16.6 Å². The summed E-state index contributed by atoms with van der Waals surface area (Å²) in [5.74, 6) is -0.194. The fourth-order valence-electron chi connectivity index (χ4n) is 3.32. The molecule has 0 aliphatic rings. The van der Waals surface area contributed by atoms with Gasteiger partial charge in [0.25, 0.3) is 0 Å². The number of benzene rings is 2. The second-order valence-corrected chi connectivity index (χ2v) is 10.2. The summed E-state index contributed by atoms with van der Waals surface area (Å²) >= 11 is 0. The van der Waals surface area contributed by atoms with E-state index in [2.05, 4.69) is 35.3 Å². The average Bonchev–Trinajstić information content (AvgIpc) is 3.47. The van der Waals surface area contributed by atoms with Gasteiger partial charge >= 0.3 is 0 Å². The van der Waals surface area contributed by atoms with Crippen molar-refractivity contribution < 1.29 is 21.9 Å². The van der Waals surface area contributed by atoms with Crippen molar-refractivity contribution in [3.05, 3.63) is 36.7 Å². The number of H-pyrrole nitrogens is 2. The third-order valence-corrected chi connectivity index (χ3v) is 7.37. The Hall–Kier alpha value is -3.28. The zero-order chi connectivity index (χ0) is 23.8. The van der Waals surface area contributed by atoms with Crippen LogP contribution in [0, 0.1) is 0 Å². The number of tetrazole rings is 1. The molecule has 0 aliphatic heterocycles. The maximum Gasteiger partial charge on any atom is 0.242 e. The Balaban J connectivity index is 2.05. The maximum atomic E-state index is 13.0. The second-order valence-electron chi connectivity index (χ2n) is 6.94. The number of aliphatic hydroxyl groups excluding tert-OH is 1. The smallest absolute Gasteiger partial charge is 0.242 e. The Bertz CT molecular complexity index is 1520. The lowest BCUT2D eigenvalue weighted by Gasteiger charge is -2.17. The highest BCUT2D eigenvalue weighted by Gasteiger charge is 2.32. The summed E-state index contributed by atoms with van der Waals surface area (Å²) in [4.78, 5) is 5.84. The number of para-hydroxylation sites is 1. The van der Waals surface area contributed by atoms with Gasteiger partial charge in [0, 0.05) is 18.7 Å². The molecule has 0 aliphatic carbocycles. The van der Waals surface area contributed by atoms with Crippen LogP contribution >= 0.6 is 0 Å². The van der Waals surface area contributed by atoms with Crippen molar-refractivity contribution in [1.29, 1.82) is 0 Å². The van der Waals surface area contributed by atoms with Crippen LogP contribution < -0.4 is 15.6 Å². The molecule has 1 atom stereocenters. The number of nitrogens with one attached hydrogen (secondary N) is 3. The number of aliphatic hydroxyl groups is 1. The first-order chi connectivity index (χ1) is 15.6. The minimum Gasteiger partial charge on any atom is -0.390 e. The van der Waals surface area contributed by atoms with Gasteiger partial charge in [0.1, 0.15) is 9.79 Å². The number of sulfonamides is 2. The molecule has 33 heavy (non-hydrogen) atoms. The molecule has 0 spiro atoms. The maximum absolute atomic E-state index is 13.0. The lowest BCUT2D eigenvalue weighted by molar-refractivity contribution is 0.186. The van der Waals surface area contributed by atoms with Crippen molar-refractivity contribution in [1.82, 2.24) is 35.3 Å². The fourth-order valence-corrected chi connectivity index (χ4v) is 5.99. The van der Waals surface area contributed by atoms with Gasteiger partial charge in [0.05, 0.1) is 29.0 Å². The van der Waals surface area contributed by atoms with Gasteiger partial charge < -0.3 is 15.8 Å². The van der Waals surface area contributed by atoms with Gasteiger partial charge in [-0.15, -0.1) is 10.2 Å².